The summed E-state index contributed by atoms with van der Waals surface area (Å²) in [5, 5.41) is 14.5. The number of rotatable bonds is 7. The van der Waals surface area contributed by atoms with E-state index in [-0.39, 0.29) is 0 Å². The number of hydrogen-bond acceptors (Lipinski definition) is 6. The minimum Gasteiger partial charge on any atom is -0.406 e. The second-order valence-electron chi connectivity index (χ2n) is 3.92. The molecular weight excluding hydrogens is 348 g/mol. The molecule has 1 aromatic carbocycles. The number of nitrogens with one attached hydrogen (secondary N) is 2. The fraction of sp³-hybridized carbons (Fsp3) is 0.333. The summed E-state index contributed by atoms with van der Waals surface area (Å²) in [6, 6.07) is 5.79. The number of methoxy groups -OCH3 is 1. The molecule has 1 aromatic heterocycles. The molecule has 0 saturated carbocycles. The Bertz CT molecular complexity index is 564. The third-order valence-electron chi connectivity index (χ3n) is 2.40. The van der Waals surface area contributed by atoms with Crippen LogP contribution >= 0.6 is 27.5 Å². The second kappa shape index (κ2) is 7.58. The van der Waals surface area contributed by atoms with E-state index in [1.807, 2.05) is 12.1 Å². The van der Waals surface area contributed by atoms with Crippen molar-refractivity contribution in [2.75, 3.05) is 25.6 Å². The van der Waals surface area contributed by atoms with Crippen LogP contribution in [0.25, 0.3) is 0 Å². The molecule has 0 aliphatic rings. The van der Waals surface area contributed by atoms with Gasteiger partial charge in [-0.1, -0.05) is 32.6 Å². The van der Waals surface area contributed by atoms with Gasteiger partial charge in [-0.3, -0.25) is 0 Å². The van der Waals surface area contributed by atoms with E-state index in [9.17, 15) is 0 Å². The van der Waals surface area contributed by atoms with E-state index in [1.54, 1.807) is 13.2 Å². The van der Waals surface area contributed by atoms with Gasteiger partial charge in [0.25, 0.3) is 0 Å². The zero-order valence-electron chi connectivity index (χ0n) is 10.8. The molecular formula is C12H14BrClN4O2. The van der Waals surface area contributed by atoms with Crippen LogP contribution in [-0.4, -0.2) is 30.5 Å². The number of ether oxygens (including phenoxy) is 1. The van der Waals surface area contributed by atoms with Crippen molar-refractivity contribution < 1.29 is 9.15 Å². The average molecular weight is 362 g/mol. The molecule has 2 N–H and O–H groups in total. The maximum Gasteiger partial charge on any atom is 0.320 e. The Morgan fingerprint density at radius 1 is 1.40 bits per heavy atom. The first-order valence-corrected chi connectivity index (χ1v) is 7.10. The maximum atomic E-state index is 6.10. The summed E-state index contributed by atoms with van der Waals surface area (Å²) in [6.45, 7) is 1.85. The number of benzene rings is 1. The van der Waals surface area contributed by atoms with Gasteiger partial charge in [-0.2, -0.15) is 0 Å². The topological polar surface area (TPSA) is 72.2 Å². The predicted octanol–water partition coefficient (Wildman–Crippen LogP) is 2.97. The number of aromatic nitrogens is 2. The minimum atomic E-state index is 0.303. The molecule has 0 radical (unpaired) electrons. The van der Waals surface area contributed by atoms with E-state index in [0.29, 0.717) is 35.8 Å². The third kappa shape index (κ3) is 4.45. The fourth-order valence-corrected chi connectivity index (χ4v) is 2.17. The zero-order valence-corrected chi connectivity index (χ0v) is 13.2. The molecule has 8 heteroatoms. The maximum absolute atomic E-state index is 6.10. The highest BCUT2D eigenvalue weighted by Crippen LogP contribution is 2.27. The lowest BCUT2D eigenvalue weighted by molar-refractivity contribution is 0.198. The highest BCUT2D eigenvalue weighted by molar-refractivity contribution is 9.10. The Labute approximate surface area is 130 Å². The molecule has 0 spiro atoms. The smallest absolute Gasteiger partial charge is 0.320 e. The lowest BCUT2D eigenvalue weighted by Crippen LogP contribution is -2.18. The minimum absolute atomic E-state index is 0.303. The van der Waals surface area contributed by atoms with Gasteiger partial charge in [-0.15, -0.1) is 5.10 Å². The van der Waals surface area contributed by atoms with Crippen molar-refractivity contribution in [2.45, 2.75) is 6.54 Å². The van der Waals surface area contributed by atoms with Gasteiger partial charge in [0.05, 0.1) is 23.9 Å². The Kier molecular flexibility index (Phi) is 5.78. The van der Waals surface area contributed by atoms with Gasteiger partial charge < -0.3 is 19.8 Å². The normalized spacial score (nSPS) is 10.8. The Morgan fingerprint density at radius 3 is 3.00 bits per heavy atom. The van der Waals surface area contributed by atoms with Crippen molar-refractivity contribution >= 4 is 39.2 Å². The summed E-state index contributed by atoms with van der Waals surface area (Å²) in [4.78, 5) is 0. The summed E-state index contributed by atoms with van der Waals surface area (Å²) in [7, 11) is 1.65. The van der Waals surface area contributed by atoms with Crippen LogP contribution in [0.4, 0.5) is 11.7 Å². The highest BCUT2D eigenvalue weighted by atomic mass is 79.9. The van der Waals surface area contributed by atoms with Crippen molar-refractivity contribution in [3.63, 3.8) is 0 Å². The molecule has 108 valence electrons. The van der Waals surface area contributed by atoms with Gasteiger partial charge in [0.2, 0.25) is 5.89 Å². The van der Waals surface area contributed by atoms with Crippen LogP contribution < -0.4 is 10.6 Å². The molecule has 0 aliphatic carbocycles. The van der Waals surface area contributed by atoms with Crippen LogP contribution in [0, 0.1) is 0 Å². The van der Waals surface area contributed by atoms with E-state index in [0.717, 1.165) is 11.0 Å². The van der Waals surface area contributed by atoms with Gasteiger partial charge in [-0.25, -0.2) is 0 Å². The van der Waals surface area contributed by atoms with E-state index in [1.165, 1.54) is 0 Å². The SMILES string of the molecule is COCCNCc1nnc(Nc2ccc(Br)cc2Cl)o1. The molecule has 1 heterocycles. The van der Waals surface area contributed by atoms with Gasteiger partial charge >= 0.3 is 6.01 Å². The van der Waals surface area contributed by atoms with Crippen LogP contribution in [0.3, 0.4) is 0 Å². The molecule has 2 rings (SSSR count). The number of anilines is 2. The van der Waals surface area contributed by atoms with E-state index >= 15 is 0 Å². The summed E-state index contributed by atoms with van der Waals surface area (Å²) >= 11 is 9.44. The van der Waals surface area contributed by atoms with E-state index in [4.69, 9.17) is 20.8 Å². The van der Waals surface area contributed by atoms with Crippen LogP contribution in [0.1, 0.15) is 5.89 Å². The van der Waals surface area contributed by atoms with Crippen molar-refractivity contribution in [2.24, 2.45) is 0 Å². The van der Waals surface area contributed by atoms with E-state index in [2.05, 4.69) is 36.8 Å². The quantitative estimate of drug-likeness (QED) is 0.739. The Hall–Kier alpha value is -1.15. The number of halogens is 2. The molecule has 0 saturated heterocycles. The monoisotopic (exact) mass is 360 g/mol. The largest absolute Gasteiger partial charge is 0.406 e. The van der Waals surface area contributed by atoms with Crippen molar-refractivity contribution in [1.82, 2.24) is 15.5 Å². The average Bonchev–Trinajstić information content (AvgIpc) is 2.86. The zero-order chi connectivity index (χ0) is 14.4. The van der Waals surface area contributed by atoms with Crippen molar-refractivity contribution in [3.05, 3.63) is 33.6 Å². The van der Waals surface area contributed by atoms with Crippen LogP contribution in [0.5, 0.6) is 0 Å². The lowest BCUT2D eigenvalue weighted by Gasteiger charge is -2.04. The molecule has 0 unspecified atom stereocenters. The lowest BCUT2D eigenvalue weighted by atomic mass is 10.3. The van der Waals surface area contributed by atoms with Crippen LogP contribution in [0.2, 0.25) is 5.02 Å². The molecule has 0 aliphatic heterocycles. The van der Waals surface area contributed by atoms with E-state index < -0.39 is 0 Å². The molecule has 0 fully saturated rings. The first kappa shape index (κ1) is 15.2. The van der Waals surface area contributed by atoms with Crippen molar-refractivity contribution in [3.8, 4) is 0 Å². The standard InChI is InChI=1S/C12H14BrClN4O2/c1-19-5-4-15-7-11-17-18-12(20-11)16-10-3-2-8(13)6-9(10)14/h2-3,6,15H,4-5,7H2,1H3,(H,16,18). The van der Waals surface area contributed by atoms with Gasteiger partial charge in [0.1, 0.15) is 0 Å². The van der Waals surface area contributed by atoms with Gasteiger partial charge in [0, 0.05) is 18.1 Å². The third-order valence-corrected chi connectivity index (χ3v) is 3.20. The first-order valence-electron chi connectivity index (χ1n) is 5.93. The summed E-state index contributed by atoms with van der Waals surface area (Å²) in [5.74, 6) is 0.497. The van der Waals surface area contributed by atoms with Gasteiger partial charge in [0.15, 0.2) is 0 Å². The number of hydrogen-bond donors (Lipinski definition) is 2. The number of nitrogens with zero attached hydrogens (tertiary/aromatic N) is 2. The van der Waals surface area contributed by atoms with Crippen molar-refractivity contribution in [1.29, 1.82) is 0 Å². The fourth-order valence-electron chi connectivity index (χ4n) is 1.45. The molecule has 20 heavy (non-hydrogen) atoms. The second-order valence-corrected chi connectivity index (χ2v) is 5.24. The summed E-state index contributed by atoms with van der Waals surface area (Å²) in [6.07, 6.45) is 0. The molecule has 6 nitrogen and oxygen atoms in total. The molecule has 0 atom stereocenters. The Balaban J connectivity index is 1.92. The molecule has 0 amide bonds. The highest BCUT2D eigenvalue weighted by Gasteiger charge is 2.08. The first-order chi connectivity index (χ1) is 9.69. The predicted molar refractivity (Wildman–Crippen MR) is 80.3 cm³/mol. The van der Waals surface area contributed by atoms with Crippen LogP contribution in [-0.2, 0) is 11.3 Å². The summed E-state index contributed by atoms with van der Waals surface area (Å²) in [5.41, 5.74) is 0.706. The van der Waals surface area contributed by atoms with Gasteiger partial charge in [-0.05, 0) is 18.2 Å². The molecule has 0 bridgehead atoms. The Morgan fingerprint density at radius 2 is 2.25 bits per heavy atom. The molecule has 2 aromatic rings. The van der Waals surface area contributed by atoms with Crippen LogP contribution in [0.15, 0.2) is 27.1 Å². The summed E-state index contributed by atoms with van der Waals surface area (Å²) < 4.78 is 11.3.